The quantitative estimate of drug-likeness (QED) is 0.0965. The third kappa shape index (κ3) is 12.9. The molecule has 8 heteroatoms. The molecule has 0 aliphatic carbocycles. The van der Waals surface area contributed by atoms with Crippen LogP contribution in [0.1, 0.15) is 97.3 Å². The van der Waals surface area contributed by atoms with Crippen LogP contribution in [-0.4, -0.2) is 39.5 Å². The van der Waals surface area contributed by atoms with Gasteiger partial charge in [0.1, 0.15) is 6.21 Å². The molecule has 1 N–H and O–H groups in total. The van der Waals surface area contributed by atoms with Crippen molar-refractivity contribution >= 4 is 23.8 Å². The number of nitrogens with zero attached hydrogens (tertiary/aromatic N) is 3. The highest BCUT2D eigenvalue weighted by atomic mass is 16.6. The number of hydrogen-bond donors (Lipinski definition) is 1. The fourth-order valence-corrected chi connectivity index (χ4v) is 3.74. The number of allylic oxidation sites excluding steroid dienone is 6. The van der Waals surface area contributed by atoms with Gasteiger partial charge in [0.2, 0.25) is 5.78 Å². The van der Waals surface area contributed by atoms with Crippen molar-refractivity contribution in [2.45, 2.75) is 103 Å². The molecule has 0 aromatic carbocycles. The predicted octanol–water partition coefficient (Wildman–Crippen LogP) is 6.49. The standard InChI is InChI=1S/C27H41N3O5/c1-3-4-5-6-7-8-9-10-11-12-13-14-15-16-17-18-19-23(26(32)33)20-21-24(31)27(2)28-22-25(29-27)30(34)35/h7-8,10-11,13-14,22-23H,3-6,9,12,15-21H2,1-2H3,(H,32,33). The van der Waals surface area contributed by atoms with Crippen LogP contribution in [0.4, 0.5) is 0 Å². The fraction of sp³-hybridized carbons (Fsp3) is 0.630. The van der Waals surface area contributed by atoms with Crippen molar-refractivity contribution in [1.29, 1.82) is 0 Å². The van der Waals surface area contributed by atoms with Crippen LogP contribution in [0, 0.1) is 16.0 Å². The van der Waals surface area contributed by atoms with Crippen LogP contribution in [0.5, 0.6) is 0 Å². The van der Waals surface area contributed by atoms with E-state index in [0.29, 0.717) is 6.42 Å². The molecule has 0 saturated heterocycles. The maximum Gasteiger partial charge on any atom is 0.379 e. The second kappa shape index (κ2) is 17.5. The summed E-state index contributed by atoms with van der Waals surface area (Å²) >= 11 is 0. The molecular formula is C27H41N3O5. The van der Waals surface area contributed by atoms with E-state index in [2.05, 4.69) is 53.4 Å². The second-order valence-corrected chi connectivity index (χ2v) is 9.02. The maximum atomic E-state index is 12.4. The summed E-state index contributed by atoms with van der Waals surface area (Å²) in [6.07, 6.45) is 25.4. The van der Waals surface area contributed by atoms with Crippen LogP contribution in [0.2, 0.25) is 0 Å². The van der Waals surface area contributed by atoms with Gasteiger partial charge in [0.15, 0.2) is 0 Å². The Morgan fingerprint density at radius 1 is 1.00 bits per heavy atom. The lowest BCUT2D eigenvalue weighted by Crippen LogP contribution is -2.30. The summed E-state index contributed by atoms with van der Waals surface area (Å²) in [5, 5.41) is 20.3. The first-order valence-corrected chi connectivity index (χ1v) is 12.8. The first-order chi connectivity index (χ1) is 16.8. The Kier molecular flexibility index (Phi) is 15.1. The van der Waals surface area contributed by atoms with Crippen molar-refractivity contribution < 1.29 is 19.6 Å². The highest BCUT2D eigenvalue weighted by molar-refractivity contribution is 6.28. The van der Waals surface area contributed by atoms with Crippen LogP contribution in [0.15, 0.2) is 46.4 Å². The van der Waals surface area contributed by atoms with Crippen molar-refractivity contribution in [3.05, 3.63) is 46.6 Å². The van der Waals surface area contributed by atoms with Crippen LogP contribution in [-0.2, 0) is 9.59 Å². The van der Waals surface area contributed by atoms with E-state index in [1.165, 1.54) is 32.6 Å². The monoisotopic (exact) mass is 487 g/mol. The van der Waals surface area contributed by atoms with Crippen LogP contribution in [0.25, 0.3) is 0 Å². The Morgan fingerprint density at radius 3 is 2.14 bits per heavy atom. The van der Waals surface area contributed by atoms with Crippen LogP contribution in [0.3, 0.4) is 0 Å². The largest absolute Gasteiger partial charge is 0.481 e. The highest BCUT2D eigenvalue weighted by Gasteiger charge is 2.43. The van der Waals surface area contributed by atoms with Crippen LogP contribution < -0.4 is 0 Å². The molecule has 0 saturated carbocycles. The van der Waals surface area contributed by atoms with Gasteiger partial charge in [0.25, 0.3) is 5.66 Å². The van der Waals surface area contributed by atoms with Gasteiger partial charge >= 0.3 is 11.8 Å². The topological polar surface area (TPSA) is 122 Å². The van der Waals surface area contributed by atoms with E-state index in [0.717, 1.165) is 44.7 Å². The molecule has 0 radical (unpaired) electrons. The molecule has 1 aliphatic rings. The molecule has 8 nitrogen and oxygen atoms in total. The Balaban J connectivity index is 2.18. The predicted molar refractivity (Wildman–Crippen MR) is 141 cm³/mol. The molecule has 35 heavy (non-hydrogen) atoms. The van der Waals surface area contributed by atoms with E-state index in [-0.39, 0.29) is 12.8 Å². The van der Waals surface area contributed by atoms with Crippen molar-refractivity contribution in [2.24, 2.45) is 15.9 Å². The minimum atomic E-state index is -1.52. The third-order valence-electron chi connectivity index (χ3n) is 5.99. The van der Waals surface area contributed by atoms with E-state index < -0.39 is 34.1 Å². The first-order valence-electron chi connectivity index (χ1n) is 12.8. The number of carboxylic acid groups (broad SMARTS) is 1. The first kappa shape index (κ1) is 30.1. The van der Waals surface area contributed by atoms with Gasteiger partial charge in [-0.3, -0.25) is 9.59 Å². The smallest absolute Gasteiger partial charge is 0.379 e. The zero-order chi connectivity index (χ0) is 25.9. The van der Waals surface area contributed by atoms with Gasteiger partial charge in [0, 0.05) is 13.3 Å². The van der Waals surface area contributed by atoms with E-state index in [9.17, 15) is 24.8 Å². The summed E-state index contributed by atoms with van der Waals surface area (Å²) in [7, 11) is 0. The number of rotatable bonds is 19. The molecule has 2 unspecified atom stereocenters. The van der Waals surface area contributed by atoms with Gasteiger partial charge in [-0.15, -0.1) is 0 Å². The van der Waals surface area contributed by atoms with Gasteiger partial charge in [-0.25, -0.2) is 4.99 Å². The SMILES string of the molecule is CCCCCC=CCC=CCC=CCCCCCC(CCC(=O)C1(C)N=CC([N+](=O)[O-])=N1)C(=O)O. The van der Waals surface area contributed by atoms with Gasteiger partial charge in [-0.2, -0.15) is 0 Å². The average Bonchev–Trinajstić information content (AvgIpc) is 3.24. The van der Waals surface area contributed by atoms with Crippen molar-refractivity contribution in [1.82, 2.24) is 0 Å². The number of unbranched alkanes of at least 4 members (excludes halogenated alkanes) is 6. The highest BCUT2D eigenvalue weighted by Crippen LogP contribution is 2.24. The fourth-order valence-electron chi connectivity index (χ4n) is 3.74. The molecule has 0 amide bonds. The minimum Gasteiger partial charge on any atom is -0.481 e. The third-order valence-corrected chi connectivity index (χ3v) is 5.99. The summed E-state index contributed by atoms with van der Waals surface area (Å²) in [6.45, 7) is 3.63. The van der Waals surface area contributed by atoms with E-state index in [4.69, 9.17) is 0 Å². The summed E-state index contributed by atoms with van der Waals surface area (Å²) < 4.78 is 0. The Hall–Kier alpha value is -2.90. The molecule has 2 atom stereocenters. The lowest BCUT2D eigenvalue weighted by molar-refractivity contribution is -0.345. The van der Waals surface area contributed by atoms with Crippen molar-refractivity contribution in [3.8, 4) is 0 Å². The molecule has 194 valence electrons. The van der Waals surface area contributed by atoms with Crippen molar-refractivity contribution in [3.63, 3.8) is 0 Å². The number of ketones is 1. The summed E-state index contributed by atoms with van der Waals surface area (Å²) in [4.78, 5) is 41.7. The maximum absolute atomic E-state index is 12.4. The van der Waals surface area contributed by atoms with Crippen molar-refractivity contribution in [2.75, 3.05) is 0 Å². The number of nitro groups is 1. The molecule has 1 aliphatic heterocycles. The molecule has 0 bridgehead atoms. The number of hydrogen-bond acceptors (Lipinski definition) is 6. The number of carbonyl (C=O) groups excluding carboxylic acids is 1. The normalized spacial score (nSPS) is 18.6. The van der Waals surface area contributed by atoms with E-state index in [1.807, 2.05) is 0 Å². The Morgan fingerprint density at radius 2 is 1.60 bits per heavy atom. The number of carbonyl (C=O) groups is 2. The van der Waals surface area contributed by atoms with E-state index >= 15 is 0 Å². The molecule has 0 fully saturated rings. The summed E-state index contributed by atoms with van der Waals surface area (Å²) in [6, 6.07) is 0. The number of carboxylic acids is 1. The summed E-state index contributed by atoms with van der Waals surface area (Å²) in [5.41, 5.74) is -1.52. The number of amidine groups is 1. The Bertz CT molecular complexity index is 829. The number of Topliss-reactive ketones (excluding diaryl/α,β-unsaturated/α-hetero) is 1. The Labute approximate surface area is 209 Å². The van der Waals surface area contributed by atoms with Gasteiger partial charge in [-0.05, 0) is 61.3 Å². The van der Waals surface area contributed by atoms with E-state index in [1.54, 1.807) is 0 Å². The molecule has 0 spiro atoms. The molecule has 0 aromatic heterocycles. The lowest BCUT2D eigenvalue weighted by Gasteiger charge is -2.14. The molecule has 1 rings (SSSR count). The average molecular weight is 488 g/mol. The molecule has 0 aromatic rings. The van der Waals surface area contributed by atoms with Gasteiger partial charge in [0.05, 0.1) is 5.92 Å². The molecule has 1 heterocycles. The van der Waals surface area contributed by atoms with Gasteiger partial charge < -0.3 is 15.2 Å². The second-order valence-electron chi connectivity index (χ2n) is 9.02. The minimum absolute atomic E-state index is 0.0236. The zero-order valence-electron chi connectivity index (χ0n) is 21.2. The molecular weight excluding hydrogens is 446 g/mol. The summed E-state index contributed by atoms with van der Waals surface area (Å²) in [5.74, 6) is -2.40. The zero-order valence-corrected chi connectivity index (χ0v) is 21.2. The number of aliphatic carboxylic acids is 1. The van der Waals surface area contributed by atoms with Gasteiger partial charge in [-0.1, -0.05) is 69.1 Å². The van der Waals surface area contributed by atoms with Crippen LogP contribution >= 0.6 is 0 Å². The number of aliphatic imine (C=N–C) groups is 2. The lowest BCUT2D eigenvalue weighted by atomic mass is 9.92.